The van der Waals surface area contributed by atoms with E-state index in [1.165, 1.54) is 32.1 Å². The van der Waals surface area contributed by atoms with Crippen LogP contribution in [-0.2, 0) is 4.74 Å². The molecular weight excluding hydrogens is 486 g/mol. The van der Waals surface area contributed by atoms with E-state index in [-0.39, 0.29) is 23.6 Å². The number of rotatable bonds is 8. The first-order valence-corrected chi connectivity index (χ1v) is 16.0. The molecule has 1 atom stereocenters. The van der Waals surface area contributed by atoms with Crippen molar-refractivity contribution in [3.8, 4) is 0 Å². The number of ether oxygens (including phenoxy) is 1. The summed E-state index contributed by atoms with van der Waals surface area (Å²) in [4.78, 5) is 33.3. The Hall–Kier alpha value is -2.08. The van der Waals surface area contributed by atoms with Crippen LogP contribution in [0.3, 0.4) is 0 Å². The molecule has 1 unspecified atom stereocenters. The fraction of sp³-hybridized carbons (Fsp3) is 0.758. The Kier molecular flexibility index (Phi) is 9.20. The van der Waals surface area contributed by atoms with Gasteiger partial charge >= 0.3 is 6.09 Å². The highest BCUT2D eigenvalue weighted by atomic mass is 16.6. The highest BCUT2D eigenvalue weighted by molar-refractivity contribution is 5.97. The van der Waals surface area contributed by atoms with E-state index < -0.39 is 0 Å². The molecule has 3 aliphatic heterocycles. The average Bonchev–Trinajstić information content (AvgIpc) is 3.20. The molecule has 0 bridgehead atoms. The van der Waals surface area contributed by atoms with Gasteiger partial charge in [0.25, 0.3) is 5.91 Å². The van der Waals surface area contributed by atoms with Gasteiger partial charge in [-0.15, -0.1) is 0 Å². The number of unbranched alkanes of at least 4 members (excludes halogenated alkanes) is 1. The molecule has 4 fully saturated rings. The van der Waals surface area contributed by atoms with Crippen molar-refractivity contribution >= 4 is 12.0 Å². The summed E-state index contributed by atoms with van der Waals surface area (Å²) in [5, 5.41) is 0. The summed E-state index contributed by atoms with van der Waals surface area (Å²) in [5.41, 5.74) is 2.71. The van der Waals surface area contributed by atoms with Crippen molar-refractivity contribution in [3.05, 3.63) is 34.9 Å². The molecule has 3 saturated heterocycles. The van der Waals surface area contributed by atoms with Crippen LogP contribution >= 0.6 is 0 Å². The fourth-order valence-electron chi connectivity index (χ4n) is 8.02. The maximum atomic E-state index is 13.3. The molecular formula is C33H51N3O3. The highest BCUT2D eigenvalue weighted by Crippen LogP contribution is 2.42. The van der Waals surface area contributed by atoms with Gasteiger partial charge in [-0.25, -0.2) is 4.79 Å². The molecule has 6 heteroatoms. The number of benzene rings is 1. The average molecular weight is 538 g/mol. The first kappa shape index (κ1) is 28.4. The minimum atomic E-state index is -0.311. The van der Waals surface area contributed by atoms with Gasteiger partial charge in [-0.2, -0.15) is 0 Å². The summed E-state index contributed by atoms with van der Waals surface area (Å²) >= 11 is 0. The summed E-state index contributed by atoms with van der Waals surface area (Å²) in [6.07, 6.45) is 15.1. The van der Waals surface area contributed by atoms with E-state index in [9.17, 15) is 9.59 Å². The van der Waals surface area contributed by atoms with Crippen LogP contribution in [0, 0.1) is 19.8 Å². The fourth-order valence-corrected chi connectivity index (χ4v) is 8.02. The number of nitrogens with zero attached hydrogens (tertiary/aromatic N) is 3. The monoisotopic (exact) mass is 537 g/mol. The molecule has 1 aliphatic carbocycles. The standard InChI is InChI=1S/C33H51N3O3/c1-4-5-14-29-33(39-32(38)36(29)22-15-27-12-7-6-8-13-27)18-23-34(24-19-33)28-16-20-35(21-17-28)31(37)30-25(2)10-9-11-26(30)3/h9-11,27-29H,4-8,12-24H2,1-3H3. The van der Waals surface area contributed by atoms with Gasteiger partial charge in [0, 0.05) is 57.2 Å². The smallest absolute Gasteiger partial charge is 0.410 e. The molecule has 1 spiro atoms. The van der Waals surface area contributed by atoms with Gasteiger partial charge in [0.1, 0.15) is 5.60 Å². The van der Waals surface area contributed by atoms with Crippen LogP contribution < -0.4 is 0 Å². The molecule has 1 saturated carbocycles. The number of carbonyl (C=O) groups excluding carboxylic acids is 2. The number of carbonyl (C=O) groups is 2. The minimum absolute atomic E-state index is 0.0568. The second-order valence-corrected chi connectivity index (χ2v) is 12.9. The van der Waals surface area contributed by atoms with Crippen LogP contribution in [0.1, 0.15) is 112 Å². The van der Waals surface area contributed by atoms with Crippen molar-refractivity contribution in [1.29, 1.82) is 0 Å². The lowest BCUT2D eigenvalue weighted by molar-refractivity contribution is -0.0382. The van der Waals surface area contributed by atoms with Crippen molar-refractivity contribution in [2.45, 2.75) is 122 Å². The Morgan fingerprint density at radius 3 is 2.26 bits per heavy atom. The zero-order valence-electron chi connectivity index (χ0n) is 24.8. The zero-order chi connectivity index (χ0) is 27.4. The lowest BCUT2D eigenvalue weighted by atomic mass is 9.80. The number of hydrogen-bond donors (Lipinski definition) is 0. The second kappa shape index (κ2) is 12.6. The van der Waals surface area contributed by atoms with E-state index in [2.05, 4.69) is 21.6 Å². The lowest BCUT2D eigenvalue weighted by Gasteiger charge is -2.46. The molecule has 0 N–H and O–H groups in total. The predicted molar refractivity (Wildman–Crippen MR) is 156 cm³/mol. The predicted octanol–water partition coefficient (Wildman–Crippen LogP) is 6.72. The molecule has 216 valence electrons. The first-order valence-electron chi connectivity index (χ1n) is 16.0. The summed E-state index contributed by atoms with van der Waals surface area (Å²) < 4.78 is 6.31. The van der Waals surface area contributed by atoms with Gasteiger partial charge < -0.3 is 14.5 Å². The molecule has 39 heavy (non-hydrogen) atoms. The molecule has 5 rings (SSSR count). The minimum Gasteiger partial charge on any atom is -0.440 e. The molecule has 6 nitrogen and oxygen atoms in total. The summed E-state index contributed by atoms with van der Waals surface area (Å²) in [6.45, 7) is 10.8. The van der Waals surface area contributed by atoms with Crippen LogP contribution in [0.5, 0.6) is 0 Å². The van der Waals surface area contributed by atoms with Crippen LogP contribution in [0.15, 0.2) is 18.2 Å². The second-order valence-electron chi connectivity index (χ2n) is 12.9. The third kappa shape index (κ3) is 6.16. The first-order chi connectivity index (χ1) is 18.9. The largest absolute Gasteiger partial charge is 0.440 e. The number of piperidine rings is 2. The summed E-state index contributed by atoms with van der Waals surface area (Å²) in [7, 11) is 0. The van der Waals surface area contributed by atoms with Crippen molar-refractivity contribution in [3.63, 3.8) is 0 Å². The maximum Gasteiger partial charge on any atom is 0.410 e. The van der Waals surface area contributed by atoms with Gasteiger partial charge in [-0.1, -0.05) is 70.1 Å². The van der Waals surface area contributed by atoms with Gasteiger partial charge in [0.15, 0.2) is 0 Å². The number of hydrogen-bond acceptors (Lipinski definition) is 4. The Labute approximate surface area is 236 Å². The van der Waals surface area contributed by atoms with E-state index in [4.69, 9.17) is 4.74 Å². The van der Waals surface area contributed by atoms with E-state index in [1.807, 2.05) is 32.0 Å². The molecule has 3 heterocycles. The van der Waals surface area contributed by atoms with Gasteiger partial charge in [-0.05, 0) is 56.6 Å². The van der Waals surface area contributed by atoms with Crippen LogP contribution in [0.4, 0.5) is 4.79 Å². The normalized spacial score (nSPS) is 24.9. The van der Waals surface area contributed by atoms with E-state index in [0.717, 1.165) is 107 Å². The van der Waals surface area contributed by atoms with Gasteiger partial charge in [0.2, 0.25) is 0 Å². The van der Waals surface area contributed by atoms with Crippen molar-refractivity contribution in [2.75, 3.05) is 32.7 Å². The molecule has 4 aliphatic rings. The Balaban J connectivity index is 1.16. The van der Waals surface area contributed by atoms with Crippen LogP contribution in [-0.4, -0.2) is 77.1 Å². The maximum absolute atomic E-state index is 13.3. The van der Waals surface area contributed by atoms with Crippen molar-refractivity contribution < 1.29 is 14.3 Å². The Morgan fingerprint density at radius 1 is 0.949 bits per heavy atom. The molecule has 0 radical (unpaired) electrons. The molecule has 1 aromatic carbocycles. The SMILES string of the molecule is CCCCC1N(CCC2CCCCC2)C(=O)OC12CCN(C1CCN(C(=O)c3c(C)cccc3C)CC1)CC2. The number of aryl methyl sites for hydroxylation is 2. The number of likely N-dealkylation sites (tertiary alicyclic amines) is 2. The van der Waals surface area contributed by atoms with Crippen molar-refractivity contribution in [1.82, 2.24) is 14.7 Å². The topological polar surface area (TPSA) is 53.1 Å². The third-order valence-corrected chi connectivity index (χ3v) is 10.5. The molecule has 0 aromatic heterocycles. The number of amides is 2. The summed E-state index contributed by atoms with van der Waals surface area (Å²) in [6, 6.07) is 6.85. The van der Waals surface area contributed by atoms with Gasteiger partial charge in [-0.3, -0.25) is 9.69 Å². The summed E-state index contributed by atoms with van der Waals surface area (Å²) in [5.74, 6) is 0.968. The Morgan fingerprint density at radius 2 is 1.62 bits per heavy atom. The van der Waals surface area contributed by atoms with E-state index in [1.54, 1.807) is 0 Å². The van der Waals surface area contributed by atoms with E-state index in [0.29, 0.717) is 6.04 Å². The highest BCUT2D eigenvalue weighted by Gasteiger charge is 2.54. The Bertz CT molecular complexity index is 968. The van der Waals surface area contributed by atoms with Gasteiger partial charge in [0.05, 0.1) is 6.04 Å². The zero-order valence-corrected chi connectivity index (χ0v) is 24.8. The molecule has 1 aromatic rings. The van der Waals surface area contributed by atoms with E-state index >= 15 is 0 Å². The third-order valence-electron chi connectivity index (χ3n) is 10.5. The van der Waals surface area contributed by atoms with Crippen LogP contribution in [0.25, 0.3) is 0 Å². The quantitative estimate of drug-likeness (QED) is 0.369. The molecule has 2 amide bonds. The van der Waals surface area contributed by atoms with Crippen molar-refractivity contribution in [2.24, 2.45) is 5.92 Å². The lowest BCUT2D eigenvalue weighted by Crippen LogP contribution is -2.56. The van der Waals surface area contributed by atoms with Crippen LogP contribution in [0.2, 0.25) is 0 Å².